The first-order valence-corrected chi connectivity index (χ1v) is 6.12. The van der Waals surface area contributed by atoms with Crippen LogP contribution in [0.25, 0.3) is 0 Å². The highest BCUT2D eigenvalue weighted by Gasteiger charge is 2.22. The molecule has 4 heteroatoms. The Morgan fingerprint density at radius 3 is 2.37 bits per heavy atom. The monoisotopic (exact) mass is 276 g/mol. The standard InChI is InChI=1S/C15H13ClO3/c1-19-13-7-5-10(6-8-13)14(15(17)18)11-3-2-4-12(16)9-11/h2-9,14H,1H3,(H,17,18). The molecule has 0 saturated carbocycles. The summed E-state index contributed by atoms with van der Waals surface area (Å²) in [5.41, 5.74) is 1.35. The summed E-state index contributed by atoms with van der Waals surface area (Å²) < 4.78 is 5.07. The molecular formula is C15H13ClO3. The lowest BCUT2D eigenvalue weighted by molar-refractivity contribution is -0.137. The smallest absolute Gasteiger partial charge is 0.315 e. The minimum absolute atomic E-state index is 0.525. The van der Waals surface area contributed by atoms with E-state index < -0.39 is 11.9 Å². The largest absolute Gasteiger partial charge is 0.497 e. The van der Waals surface area contributed by atoms with Crippen molar-refractivity contribution in [1.82, 2.24) is 0 Å². The van der Waals surface area contributed by atoms with E-state index in [1.807, 2.05) is 0 Å². The summed E-state index contributed by atoms with van der Waals surface area (Å²) in [6.45, 7) is 0. The molecule has 98 valence electrons. The predicted molar refractivity (Wildman–Crippen MR) is 73.9 cm³/mol. The molecule has 2 aromatic carbocycles. The highest BCUT2D eigenvalue weighted by Crippen LogP contribution is 2.28. The molecule has 0 fully saturated rings. The Labute approximate surface area is 116 Å². The van der Waals surface area contributed by atoms with E-state index in [2.05, 4.69) is 0 Å². The Kier molecular flexibility index (Phi) is 4.07. The van der Waals surface area contributed by atoms with Crippen LogP contribution in [0.3, 0.4) is 0 Å². The number of hydrogen-bond acceptors (Lipinski definition) is 2. The molecule has 1 N–H and O–H groups in total. The van der Waals surface area contributed by atoms with Crippen LogP contribution in [0.5, 0.6) is 5.75 Å². The number of ether oxygens (including phenoxy) is 1. The fourth-order valence-electron chi connectivity index (χ4n) is 1.96. The van der Waals surface area contributed by atoms with Gasteiger partial charge in [-0.1, -0.05) is 35.9 Å². The van der Waals surface area contributed by atoms with E-state index in [-0.39, 0.29) is 0 Å². The molecule has 0 heterocycles. The zero-order valence-corrected chi connectivity index (χ0v) is 11.1. The molecule has 0 radical (unpaired) electrons. The molecule has 0 saturated heterocycles. The normalized spacial score (nSPS) is 11.9. The zero-order valence-electron chi connectivity index (χ0n) is 10.3. The van der Waals surface area contributed by atoms with Crippen molar-refractivity contribution < 1.29 is 14.6 Å². The maximum absolute atomic E-state index is 11.5. The molecule has 2 rings (SSSR count). The number of rotatable bonds is 4. The van der Waals surface area contributed by atoms with Gasteiger partial charge in [0.15, 0.2) is 0 Å². The van der Waals surface area contributed by atoms with Gasteiger partial charge >= 0.3 is 5.97 Å². The summed E-state index contributed by atoms with van der Waals surface area (Å²) in [5.74, 6) is -0.948. The molecule has 1 atom stereocenters. The summed E-state index contributed by atoms with van der Waals surface area (Å²) >= 11 is 5.92. The van der Waals surface area contributed by atoms with Gasteiger partial charge in [0.2, 0.25) is 0 Å². The van der Waals surface area contributed by atoms with Gasteiger partial charge in [0.05, 0.1) is 7.11 Å². The van der Waals surface area contributed by atoms with Crippen LogP contribution in [0, 0.1) is 0 Å². The molecule has 0 amide bonds. The van der Waals surface area contributed by atoms with E-state index in [4.69, 9.17) is 16.3 Å². The van der Waals surface area contributed by atoms with Crippen molar-refractivity contribution in [2.75, 3.05) is 7.11 Å². The van der Waals surface area contributed by atoms with Crippen LogP contribution in [0.4, 0.5) is 0 Å². The van der Waals surface area contributed by atoms with Crippen LogP contribution >= 0.6 is 11.6 Å². The fourth-order valence-corrected chi connectivity index (χ4v) is 2.16. The van der Waals surface area contributed by atoms with Crippen LogP contribution in [-0.2, 0) is 4.79 Å². The van der Waals surface area contributed by atoms with Gasteiger partial charge in [0, 0.05) is 5.02 Å². The minimum atomic E-state index is -0.910. The lowest BCUT2D eigenvalue weighted by Gasteiger charge is -2.14. The Hall–Kier alpha value is -2.00. The first-order valence-electron chi connectivity index (χ1n) is 5.74. The molecule has 3 nitrogen and oxygen atoms in total. The van der Waals surface area contributed by atoms with E-state index in [1.54, 1.807) is 55.6 Å². The second-order valence-corrected chi connectivity index (χ2v) is 4.54. The number of benzene rings is 2. The maximum atomic E-state index is 11.5. The van der Waals surface area contributed by atoms with Crippen molar-refractivity contribution in [3.8, 4) is 5.75 Å². The van der Waals surface area contributed by atoms with Gasteiger partial charge in [-0.3, -0.25) is 4.79 Å². The average Bonchev–Trinajstić information content (AvgIpc) is 2.39. The third-order valence-corrected chi connectivity index (χ3v) is 3.11. The molecule has 0 aromatic heterocycles. The van der Waals surface area contributed by atoms with Crippen LogP contribution in [-0.4, -0.2) is 18.2 Å². The van der Waals surface area contributed by atoms with Gasteiger partial charge < -0.3 is 9.84 Å². The number of carboxylic acid groups (broad SMARTS) is 1. The van der Waals surface area contributed by atoms with Gasteiger partial charge in [-0.15, -0.1) is 0 Å². The van der Waals surface area contributed by atoms with Crippen molar-refractivity contribution in [2.24, 2.45) is 0 Å². The number of carboxylic acids is 1. The topological polar surface area (TPSA) is 46.5 Å². The highest BCUT2D eigenvalue weighted by molar-refractivity contribution is 6.30. The molecule has 0 aliphatic heterocycles. The lowest BCUT2D eigenvalue weighted by Crippen LogP contribution is -2.13. The van der Waals surface area contributed by atoms with Gasteiger partial charge in [0.25, 0.3) is 0 Å². The summed E-state index contributed by atoms with van der Waals surface area (Å²) in [6.07, 6.45) is 0. The fraction of sp³-hybridized carbons (Fsp3) is 0.133. The Balaban J connectivity index is 2.42. The first kappa shape index (κ1) is 13.4. The van der Waals surface area contributed by atoms with Crippen molar-refractivity contribution in [1.29, 1.82) is 0 Å². The Morgan fingerprint density at radius 2 is 1.84 bits per heavy atom. The van der Waals surface area contributed by atoms with Gasteiger partial charge in [-0.05, 0) is 35.4 Å². The SMILES string of the molecule is COc1ccc(C(C(=O)O)c2cccc(Cl)c2)cc1. The zero-order chi connectivity index (χ0) is 13.8. The molecule has 19 heavy (non-hydrogen) atoms. The Bertz CT molecular complexity index is 578. The van der Waals surface area contributed by atoms with E-state index in [9.17, 15) is 9.90 Å². The molecule has 1 unspecified atom stereocenters. The molecule has 0 aliphatic carbocycles. The number of halogens is 1. The van der Waals surface area contributed by atoms with E-state index in [0.29, 0.717) is 21.9 Å². The van der Waals surface area contributed by atoms with Crippen LogP contribution in [0.2, 0.25) is 5.02 Å². The van der Waals surface area contributed by atoms with Crippen LogP contribution in [0.1, 0.15) is 17.0 Å². The first-order chi connectivity index (χ1) is 9.11. The van der Waals surface area contributed by atoms with Gasteiger partial charge in [-0.2, -0.15) is 0 Å². The minimum Gasteiger partial charge on any atom is -0.497 e. The van der Waals surface area contributed by atoms with Crippen molar-refractivity contribution in [3.63, 3.8) is 0 Å². The predicted octanol–water partition coefficient (Wildman–Crippen LogP) is 3.57. The van der Waals surface area contributed by atoms with Crippen molar-refractivity contribution in [2.45, 2.75) is 5.92 Å². The molecular weight excluding hydrogens is 264 g/mol. The van der Waals surface area contributed by atoms with E-state index in [0.717, 1.165) is 0 Å². The number of carbonyl (C=O) groups is 1. The number of aliphatic carboxylic acids is 1. The Morgan fingerprint density at radius 1 is 1.16 bits per heavy atom. The van der Waals surface area contributed by atoms with Crippen LogP contribution < -0.4 is 4.74 Å². The lowest BCUT2D eigenvalue weighted by atomic mass is 9.91. The second kappa shape index (κ2) is 5.76. The molecule has 0 aliphatic rings. The van der Waals surface area contributed by atoms with E-state index >= 15 is 0 Å². The average molecular weight is 277 g/mol. The van der Waals surface area contributed by atoms with E-state index in [1.165, 1.54) is 0 Å². The second-order valence-electron chi connectivity index (χ2n) is 4.10. The summed E-state index contributed by atoms with van der Waals surface area (Å²) in [6, 6.07) is 13.9. The summed E-state index contributed by atoms with van der Waals surface area (Å²) in [7, 11) is 1.57. The quantitative estimate of drug-likeness (QED) is 0.929. The third kappa shape index (κ3) is 3.06. The third-order valence-electron chi connectivity index (χ3n) is 2.88. The maximum Gasteiger partial charge on any atom is 0.315 e. The van der Waals surface area contributed by atoms with Crippen molar-refractivity contribution in [3.05, 3.63) is 64.7 Å². The van der Waals surface area contributed by atoms with Gasteiger partial charge in [0.1, 0.15) is 11.7 Å². The highest BCUT2D eigenvalue weighted by atomic mass is 35.5. The number of methoxy groups -OCH3 is 1. The summed E-state index contributed by atoms with van der Waals surface area (Å²) in [5, 5.41) is 9.95. The molecule has 2 aromatic rings. The summed E-state index contributed by atoms with van der Waals surface area (Å²) in [4.78, 5) is 11.5. The molecule has 0 bridgehead atoms. The van der Waals surface area contributed by atoms with Gasteiger partial charge in [-0.25, -0.2) is 0 Å². The van der Waals surface area contributed by atoms with Crippen molar-refractivity contribution >= 4 is 17.6 Å². The molecule has 0 spiro atoms. The van der Waals surface area contributed by atoms with Crippen LogP contribution in [0.15, 0.2) is 48.5 Å². The number of hydrogen-bond donors (Lipinski definition) is 1.